The predicted octanol–water partition coefficient (Wildman–Crippen LogP) is 3.42. The van der Waals surface area contributed by atoms with Crippen molar-refractivity contribution in [3.05, 3.63) is 36.4 Å². The Balaban J connectivity index is 1.23. The summed E-state index contributed by atoms with van der Waals surface area (Å²) in [4.78, 5) is 40.3. The van der Waals surface area contributed by atoms with Crippen LogP contribution in [-0.2, 0) is 19.1 Å². The van der Waals surface area contributed by atoms with Gasteiger partial charge >= 0.3 is 5.97 Å². The minimum Gasteiger partial charge on any atom is -0.465 e. The normalized spacial score (nSPS) is 13.7. The maximum atomic E-state index is 11.7. The fraction of sp³-hybridized carbons (Fsp3) is 0.368. The number of unbranched alkanes of at least 4 members (excludes halogenated alkanes) is 2. The number of hydrogen-bond donors (Lipinski definition) is 0. The van der Waals surface area contributed by atoms with Crippen LogP contribution < -0.4 is 0 Å². The number of rotatable bonds is 10. The molecule has 0 saturated heterocycles. The SMILES string of the molecule is O=C(CCCCCN1C(=O)C=CC1=O)OCCSc1nc2ccccc2s1. The van der Waals surface area contributed by atoms with Crippen molar-refractivity contribution < 1.29 is 19.1 Å². The minimum atomic E-state index is -0.259. The van der Waals surface area contributed by atoms with Crippen LogP contribution >= 0.6 is 23.1 Å². The average molecular weight is 405 g/mol. The molecule has 1 aliphatic rings. The Morgan fingerprint density at radius 3 is 2.67 bits per heavy atom. The standard InChI is InChI=1S/C19H20N2O4S2/c22-16-9-10-17(23)21(16)11-5-1-2-8-18(24)25-12-13-26-19-20-14-6-3-4-7-15(14)27-19/h3-4,6-7,9-10H,1-2,5,8,11-13H2. The largest absolute Gasteiger partial charge is 0.465 e. The summed E-state index contributed by atoms with van der Waals surface area (Å²) < 4.78 is 7.38. The monoisotopic (exact) mass is 404 g/mol. The molecular weight excluding hydrogens is 384 g/mol. The molecule has 0 unspecified atom stereocenters. The highest BCUT2D eigenvalue weighted by molar-refractivity contribution is 8.01. The number of carbonyl (C=O) groups excluding carboxylic acids is 3. The molecule has 1 aliphatic heterocycles. The Labute approximate surface area is 165 Å². The zero-order chi connectivity index (χ0) is 19.1. The third-order valence-corrected chi connectivity index (χ3v) is 6.15. The maximum Gasteiger partial charge on any atom is 0.305 e. The number of fused-ring (bicyclic) bond motifs is 1. The van der Waals surface area contributed by atoms with Gasteiger partial charge in [-0.1, -0.05) is 30.3 Å². The zero-order valence-electron chi connectivity index (χ0n) is 14.8. The summed E-state index contributed by atoms with van der Waals surface area (Å²) in [5.41, 5.74) is 0.995. The molecule has 8 heteroatoms. The summed E-state index contributed by atoms with van der Waals surface area (Å²) in [6.45, 7) is 0.764. The van der Waals surface area contributed by atoms with E-state index in [9.17, 15) is 14.4 Å². The van der Waals surface area contributed by atoms with E-state index in [-0.39, 0.29) is 17.8 Å². The number of hydrogen-bond acceptors (Lipinski definition) is 7. The molecule has 1 aromatic carbocycles. The molecule has 0 atom stereocenters. The molecule has 2 amide bonds. The van der Waals surface area contributed by atoms with Crippen molar-refractivity contribution in [3.63, 3.8) is 0 Å². The number of nitrogens with zero attached hydrogens (tertiary/aromatic N) is 2. The van der Waals surface area contributed by atoms with E-state index < -0.39 is 0 Å². The number of thiazole rings is 1. The Morgan fingerprint density at radius 1 is 1.11 bits per heavy atom. The van der Waals surface area contributed by atoms with Gasteiger partial charge in [-0.3, -0.25) is 19.3 Å². The highest BCUT2D eigenvalue weighted by Gasteiger charge is 2.22. The average Bonchev–Trinajstić information content (AvgIpc) is 3.22. The lowest BCUT2D eigenvalue weighted by Crippen LogP contribution is -2.30. The van der Waals surface area contributed by atoms with Crippen molar-refractivity contribution in [1.82, 2.24) is 9.88 Å². The molecule has 142 valence electrons. The van der Waals surface area contributed by atoms with Gasteiger partial charge in [0, 0.05) is 30.9 Å². The molecule has 0 bridgehead atoms. The van der Waals surface area contributed by atoms with E-state index in [0.717, 1.165) is 21.0 Å². The summed E-state index contributed by atoms with van der Waals surface area (Å²) in [6.07, 6.45) is 5.07. The molecule has 3 rings (SSSR count). The number of imide groups is 1. The van der Waals surface area contributed by atoms with Gasteiger partial charge in [0.1, 0.15) is 6.61 Å². The third kappa shape index (κ3) is 5.64. The number of para-hydroxylation sites is 1. The molecule has 0 aliphatic carbocycles. The van der Waals surface area contributed by atoms with Crippen molar-refractivity contribution in [1.29, 1.82) is 0 Å². The first-order valence-electron chi connectivity index (χ1n) is 8.81. The second-order valence-electron chi connectivity index (χ2n) is 5.99. The van der Waals surface area contributed by atoms with Crippen LogP contribution in [0.25, 0.3) is 10.2 Å². The van der Waals surface area contributed by atoms with E-state index in [1.54, 1.807) is 23.1 Å². The number of benzene rings is 1. The van der Waals surface area contributed by atoms with Gasteiger partial charge in [-0.25, -0.2) is 4.98 Å². The Kier molecular flexibility index (Phi) is 7.00. The third-order valence-electron chi connectivity index (χ3n) is 4.01. The number of esters is 1. The molecule has 1 aromatic heterocycles. The summed E-state index contributed by atoms with van der Waals surface area (Å²) in [5.74, 6) is -0.0532. The van der Waals surface area contributed by atoms with E-state index in [1.165, 1.54) is 17.1 Å². The van der Waals surface area contributed by atoms with Crippen LogP contribution in [-0.4, -0.2) is 46.6 Å². The quantitative estimate of drug-likeness (QED) is 0.261. The maximum absolute atomic E-state index is 11.7. The van der Waals surface area contributed by atoms with Crippen LogP contribution in [0.4, 0.5) is 0 Å². The van der Waals surface area contributed by atoms with Crippen LogP contribution in [0, 0.1) is 0 Å². The number of thioether (sulfide) groups is 1. The zero-order valence-corrected chi connectivity index (χ0v) is 16.4. The molecule has 2 heterocycles. The van der Waals surface area contributed by atoms with Gasteiger partial charge in [-0.2, -0.15) is 0 Å². The second-order valence-corrected chi connectivity index (χ2v) is 8.36. The second kappa shape index (κ2) is 9.66. The van der Waals surface area contributed by atoms with Crippen molar-refractivity contribution in [3.8, 4) is 0 Å². The molecule has 27 heavy (non-hydrogen) atoms. The molecular formula is C19H20N2O4S2. The predicted molar refractivity (Wildman–Crippen MR) is 106 cm³/mol. The Hall–Kier alpha value is -2.19. The van der Waals surface area contributed by atoms with Crippen LogP contribution in [0.5, 0.6) is 0 Å². The lowest BCUT2D eigenvalue weighted by molar-refractivity contribution is -0.143. The fourth-order valence-corrected chi connectivity index (χ4v) is 4.59. The summed E-state index contributed by atoms with van der Waals surface area (Å²) >= 11 is 3.23. The first-order valence-corrected chi connectivity index (χ1v) is 10.6. The van der Waals surface area contributed by atoms with Crippen molar-refractivity contribution in [2.45, 2.75) is 30.0 Å². The van der Waals surface area contributed by atoms with E-state index >= 15 is 0 Å². The van der Waals surface area contributed by atoms with E-state index in [4.69, 9.17) is 4.74 Å². The first kappa shape index (κ1) is 19.6. The lowest BCUT2D eigenvalue weighted by Gasteiger charge is -2.12. The van der Waals surface area contributed by atoms with Crippen LogP contribution in [0.3, 0.4) is 0 Å². The van der Waals surface area contributed by atoms with E-state index in [0.29, 0.717) is 38.2 Å². The topological polar surface area (TPSA) is 76.6 Å². The number of ether oxygens (including phenoxy) is 1. The van der Waals surface area contributed by atoms with E-state index in [1.807, 2.05) is 24.3 Å². The van der Waals surface area contributed by atoms with Gasteiger partial charge in [-0.15, -0.1) is 11.3 Å². The molecule has 0 saturated carbocycles. The number of carbonyl (C=O) groups is 3. The van der Waals surface area contributed by atoms with Gasteiger partial charge < -0.3 is 4.74 Å². The molecule has 2 aromatic rings. The smallest absolute Gasteiger partial charge is 0.305 e. The van der Waals surface area contributed by atoms with Crippen LogP contribution in [0.2, 0.25) is 0 Å². The molecule has 0 fully saturated rings. The highest BCUT2D eigenvalue weighted by atomic mass is 32.2. The number of amides is 2. The first-order chi connectivity index (χ1) is 13.1. The van der Waals surface area contributed by atoms with E-state index in [2.05, 4.69) is 4.98 Å². The van der Waals surface area contributed by atoms with Gasteiger partial charge in [0.15, 0.2) is 4.34 Å². The van der Waals surface area contributed by atoms with Gasteiger partial charge in [0.05, 0.1) is 10.2 Å². The Bertz CT molecular complexity index is 811. The lowest BCUT2D eigenvalue weighted by atomic mass is 10.2. The van der Waals surface area contributed by atoms with Crippen LogP contribution in [0.1, 0.15) is 25.7 Å². The summed E-state index contributed by atoms with van der Waals surface area (Å²) in [5, 5.41) is 0. The number of aromatic nitrogens is 1. The minimum absolute atomic E-state index is 0.213. The highest BCUT2D eigenvalue weighted by Crippen LogP contribution is 2.29. The van der Waals surface area contributed by atoms with Crippen molar-refractivity contribution in [2.24, 2.45) is 0 Å². The van der Waals surface area contributed by atoms with Gasteiger partial charge in [0.25, 0.3) is 11.8 Å². The fourth-order valence-electron chi connectivity index (χ4n) is 2.64. The molecule has 6 nitrogen and oxygen atoms in total. The molecule has 0 radical (unpaired) electrons. The molecule has 0 N–H and O–H groups in total. The molecule has 0 spiro atoms. The summed E-state index contributed by atoms with van der Waals surface area (Å²) in [6, 6.07) is 8.00. The van der Waals surface area contributed by atoms with Crippen molar-refractivity contribution in [2.75, 3.05) is 18.9 Å². The Morgan fingerprint density at radius 2 is 1.89 bits per heavy atom. The van der Waals surface area contributed by atoms with Crippen molar-refractivity contribution >= 4 is 51.1 Å². The summed E-state index contributed by atoms with van der Waals surface area (Å²) in [7, 11) is 0. The van der Waals surface area contributed by atoms with Gasteiger partial charge in [-0.05, 0) is 25.0 Å². The van der Waals surface area contributed by atoms with Gasteiger partial charge in [0.2, 0.25) is 0 Å². The van der Waals surface area contributed by atoms with Crippen LogP contribution in [0.15, 0.2) is 40.8 Å².